The van der Waals surface area contributed by atoms with Gasteiger partial charge in [-0.2, -0.15) is 4.72 Å². The molecule has 0 aliphatic rings. The smallest absolute Gasteiger partial charge is 0.321 e. The zero-order valence-corrected chi connectivity index (χ0v) is 12.1. The number of halogens is 1. The number of esters is 1. The van der Waals surface area contributed by atoms with Crippen LogP contribution >= 0.6 is 0 Å². The molecule has 116 valence electrons. The molecule has 0 aliphatic heterocycles. The number of carboxylic acid groups (broad SMARTS) is 1. The van der Waals surface area contributed by atoms with Gasteiger partial charge in [-0.15, -0.1) is 0 Å². The third kappa shape index (κ3) is 4.50. The number of carbonyl (C=O) groups excluding carboxylic acids is 1. The fourth-order valence-corrected chi connectivity index (χ4v) is 2.63. The van der Waals surface area contributed by atoms with Crippen molar-refractivity contribution in [2.24, 2.45) is 0 Å². The molecule has 0 fully saturated rings. The van der Waals surface area contributed by atoms with Crippen molar-refractivity contribution < 1.29 is 32.2 Å². The van der Waals surface area contributed by atoms with Gasteiger partial charge in [-0.05, 0) is 24.6 Å². The second-order valence-electron chi connectivity index (χ2n) is 4.19. The summed E-state index contributed by atoms with van der Waals surface area (Å²) < 4.78 is 43.7. The molecule has 2 N–H and O–H groups in total. The van der Waals surface area contributed by atoms with Gasteiger partial charge in [0.2, 0.25) is 10.0 Å². The Morgan fingerprint density at radius 2 is 2.05 bits per heavy atom. The molecule has 0 saturated carbocycles. The van der Waals surface area contributed by atoms with Gasteiger partial charge >= 0.3 is 11.9 Å². The monoisotopic (exact) mass is 319 g/mol. The largest absolute Gasteiger partial charge is 0.480 e. The van der Waals surface area contributed by atoms with Gasteiger partial charge in [0, 0.05) is 0 Å². The van der Waals surface area contributed by atoms with Gasteiger partial charge in [-0.3, -0.25) is 9.59 Å². The van der Waals surface area contributed by atoms with E-state index in [1.165, 1.54) is 0 Å². The van der Waals surface area contributed by atoms with Crippen molar-refractivity contribution in [3.05, 3.63) is 29.6 Å². The van der Waals surface area contributed by atoms with Crippen LogP contribution in [0.4, 0.5) is 4.39 Å². The summed E-state index contributed by atoms with van der Waals surface area (Å²) in [6.45, 7) is 1.14. The molecule has 1 unspecified atom stereocenters. The number of hydrogen-bond acceptors (Lipinski definition) is 5. The maximum Gasteiger partial charge on any atom is 0.321 e. The first-order valence-electron chi connectivity index (χ1n) is 5.77. The maximum absolute atomic E-state index is 13.8. The van der Waals surface area contributed by atoms with Crippen molar-refractivity contribution in [3.63, 3.8) is 0 Å². The normalized spacial score (nSPS) is 12.7. The van der Waals surface area contributed by atoms with Crippen molar-refractivity contribution in [2.45, 2.75) is 24.3 Å². The molecule has 1 aromatic carbocycles. The van der Waals surface area contributed by atoms with Crippen LogP contribution < -0.4 is 4.72 Å². The highest BCUT2D eigenvalue weighted by atomic mass is 32.2. The van der Waals surface area contributed by atoms with E-state index in [-0.39, 0.29) is 12.0 Å². The van der Waals surface area contributed by atoms with E-state index in [1.807, 2.05) is 4.72 Å². The van der Waals surface area contributed by atoms with Crippen LogP contribution in [0.1, 0.15) is 12.5 Å². The SMILES string of the molecule is COC(=O)Cc1ccc(S(=O)(=O)NC(C)C(=O)O)cc1F. The quantitative estimate of drug-likeness (QED) is 0.729. The van der Waals surface area contributed by atoms with Crippen LogP contribution in [0, 0.1) is 5.82 Å². The summed E-state index contributed by atoms with van der Waals surface area (Å²) in [5, 5.41) is 8.66. The first kappa shape index (κ1) is 17.1. The number of ether oxygens (including phenoxy) is 1. The van der Waals surface area contributed by atoms with Crippen LogP contribution in [-0.2, 0) is 30.8 Å². The van der Waals surface area contributed by atoms with E-state index in [0.29, 0.717) is 0 Å². The average Bonchev–Trinajstić information content (AvgIpc) is 2.40. The second-order valence-corrected chi connectivity index (χ2v) is 5.90. The van der Waals surface area contributed by atoms with Crippen LogP contribution in [0.3, 0.4) is 0 Å². The minimum absolute atomic E-state index is 0.0212. The Morgan fingerprint density at radius 3 is 2.52 bits per heavy atom. The Balaban J connectivity index is 3.02. The molecule has 0 spiro atoms. The van der Waals surface area contributed by atoms with E-state index in [1.54, 1.807) is 0 Å². The number of aliphatic carboxylic acids is 1. The molecule has 7 nitrogen and oxygen atoms in total. The molecular formula is C12H14FNO6S. The maximum atomic E-state index is 13.8. The molecule has 0 saturated heterocycles. The van der Waals surface area contributed by atoms with E-state index in [4.69, 9.17) is 5.11 Å². The number of carbonyl (C=O) groups is 2. The molecule has 1 aromatic rings. The highest BCUT2D eigenvalue weighted by Gasteiger charge is 2.22. The van der Waals surface area contributed by atoms with E-state index < -0.39 is 38.7 Å². The Kier molecular flexibility index (Phi) is 5.39. The molecule has 21 heavy (non-hydrogen) atoms. The van der Waals surface area contributed by atoms with Crippen LogP contribution in [0.5, 0.6) is 0 Å². The summed E-state index contributed by atoms with van der Waals surface area (Å²) >= 11 is 0. The third-order valence-corrected chi connectivity index (χ3v) is 4.14. The molecule has 0 aliphatic carbocycles. The Labute approximate surface area is 120 Å². The Hall–Kier alpha value is -2.00. The van der Waals surface area contributed by atoms with Gasteiger partial charge in [0.05, 0.1) is 18.4 Å². The number of benzene rings is 1. The zero-order valence-electron chi connectivity index (χ0n) is 11.3. The molecule has 1 rings (SSSR count). The Morgan fingerprint density at radius 1 is 1.43 bits per heavy atom. The first-order valence-corrected chi connectivity index (χ1v) is 7.26. The summed E-state index contributed by atoms with van der Waals surface area (Å²) in [5.74, 6) is -2.92. The van der Waals surface area contributed by atoms with Crippen LogP contribution in [-0.4, -0.2) is 38.6 Å². The fourth-order valence-electron chi connectivity index (χ4n) is 1.42. The number of carboxylic acids is 1. The fraction of sp³-hybridized carbons (Fsp3) is 0.333. The summed E-state index contributed by atoms with van der Waals surface area (Å²) in [6.07, 6.45) is -0.332. The lowest BCUT2D eigenvalue weighted by molar-refractivity contribution is -0.140. The van der Waals surface area contributed by atoms with Gasteiger partial charge in [0.15, 0.2) is 0 Å². The van der Waals surface area contributed by atoms with E-state index in [2.05, 4.69) is 4.74 Å². The molecule has 0 amide bonds. The van der Waals surface area contributed by atoms with Crippen molar-refractivity contribution >= 4 is 22.0 Å². The molecular weight excluding hydrogens is 305 g/mol. The summed E-state index contributed by atoms with van der Waals surface area (Å²) in [4.78, 5) is 21.3. The van der Waals surface area contributed by atoms with E-state index in [9.17, 15) is 22.4 Å². The number of hydrogen-bond donors (Lipinski definition) is 2. The number of nitrogens with one attached hydrogen (secondary N) is 1. The second kappa shape index (κ2) is 6.64. The Bertz CT molecular complexity index is 658. The third-order valence-electron chi connectivity index (χ3n) is 2.60. The van der Waals surface area contributed by atoms with Crippen molar-refractivity contribution in [1.82, 2.24) is 4.72 Å². The lowest BCUT2D eigenvalue weighted by Crippen LogP contribution is -2.38. The molecule has 9 heteroatoms. The van der Waals surface area contributed by atoms with Gasteiger partial charge in [0.25, 0.3) is 0 Å². The highest BCUT2D eigenvalue weighted by molar-refractivity contribution is 7.89. The molecule has 1 atom stereocenters. The number of methoxy groups -OCH3 is 1. The van der Waals surface area contributed by atoms with Crippen LogP contribution in [0.15, 0.2) is 23.1 Å². The van der Waals surface area contributed by atoms with Gasteiger partial charge in [-0.25, -0.2) is 12.8 Å². The predicted molar refractivity (Wildman–Crippen MR) is 69.5 cm³/mol. The van der Waals surface area contributed by atoms with Gasteiger partial charge in [0.1, 0.15) is 11.9 Å². The summed E-state index contributed by atoms with van der Waals surface area (Å²) in [7, 11) is -3.02. The van der Waals surface area contributed by atoms with Crippen molar-refractivity contribution in [1.29, 1.82) is 0 Å². The van der Waals surface area contributed by atoms with E-state index in [0.717, 1.165) is 32.2 Å². The van der Waals surface area contributed by atoms with Gasteiger partial charge < -0.3 is 9.84 Å². The van der Waals surface area contributed by atoms with Crippen molar-refractivity contribution in [3.8, 4) is 0 Å². The predicted octanol–water partition coefficient (Wildman–Crippen LogP) is 0.293. The standard InChI is InChI=1S/C12H14FNO6S/c1-7(12(16)17)14-21(18,19)9-4-3-8(10(13)6-9)5-11(15)20-2/h3-4,6-7,14H,5H2,1-2H3,(H,16,17). The number of sulfonamides is 1. The van der Waals surface area contributed by atoms with E-state index >= 15 is 0 Å². The highest BCUT2D eigenvalue weighted by Crippen LogP contribution is 2.16. The zero-order chi connectivity index (χ0) is 16.2. The summed E-state index contributed by atoms with van der Waals surface area (Å²) in [6, 6.07) is 1.58. The van der Waals surface area contributed by atoms with Crippen LogP contribution in [0.25, 0.3) is 0 Å². The minimum atomic E-state index is -4.16. The lowest BCUT2D eigenvalue weighted by atomic mass is 10.1. The summed E-state index contributed by atoms with van der Waals surface area (Å²) in [5.41, 5.74) is -0.0212. The van der Waals surface area contributed by atoms with Gasteiger partial charge in [-0.1, -0.05) is 6.07 Å². The minimum Gasteiger partial charge on any atom is -0.480 e. The lowest BCUT2D eigenvalue weighted by Gasteiger charge is -2.11. The molecule has 0 radical (unpaired) electrons. The molecule has 0 bridgehead atoms. The average molecular weight is 319 g/mol. The molecule has 0 aromatic heterocycles. The van der Waals surface area contributed by atoms with Crippen molar-refractivity contribution in [2.75, 3.05) is 7.11 Å². The number of rotatable bonds is 6. The van der Waals surface area contributed by atoms with Crippen LogP contribution in [0.2, 0.25) is 0 Å². The molecule has 0 heterocycles. The topological polar surface area (TPSA) is 110 Å². The first-order chi connectivity index (χ1) is 9.67.